The zero-order chi connectivity index (χ0) is 15.3. The van der Waals surface area contributed by atoms with Gasteiger partial charge in [0.05, 0.1) is 6.26 Å². The van der Waals surface area contributed by atoms with Crippen molar-refractivity contribution >= 4 is 10.0 Å². The minimum absolute atomic E-state index is 0.0820. The normalized spacial score (nSPS) is 29.0. The van der Waals surface area contributed by atoms with Gasteiger partial charge in [-0.1, -0.05) is 0 Å². The minimum Gasteiger partial charge on any atom is -0.471 e. The highest BCUT2D eigenvalue weighted by molar-refractivity contribution is 7.89. The van der Waals surface area contributed by atoms with Crippen molar-refractivity contribution in [2.45, 2.75) is 48.6 Å². The average molecular weight is 321 g/mol. The zero-order valence-corrected chi connectivity index (χ0v) is 13.2. The van der Waals surface area contributed by atoms with Crippen molar-refractivity contribution in [3.05, 3.63) is 36.5 Å². The topological polar surface area (TPSA) is 68.3 Å². The molecule has 0 saturated carbocycles. The molecule has 6 nitrogen and oxygen atoms in total. The highest BCUT2D eigenvalue weighted by Gasteiger charge is 2.48. The molecule has 4 heterocycles. The van der Waals surface area contributed by atoms with Crippen molar-refractivity contribution in [1.29, 1.82) is 0 Å². The van der Waals surface area contributed by atoms with E-state index in [1.807, 2.05) is 24.0 Å². The van der Waals surface area contributed by atoms with Crippen LogP contribution < -0.4 is 0 Å². The van der Waals surface area contributed by atoms with Crippen LogP contribution in [0.15, 0.2) is 40.2 Å². The molecule has 0 N–H and O–H groups in total. The van der Waals surface area contributed by atoms with Gasteiger partial charge in [-0.25, -0.2) is 8.42 Å². The summed E-state index contributed by atoms with van der Waals surface area (Å²) >= 11 is 0. The van der Waals surface area contributed by atoms with Crippen molar-refractivity contribution < 1.29 is 12.8 Å². The molecule has 2 aromatic rings. The molecule has 2 aliphatic heterocycles. The molecular weight excluding hydrogens is 302 g/mol. The van der Waals surface area contributed by atoms with Crippen LogP contribution >= 0.6 is 0 Å². The monoisotopic (exact) mass is 321 g/mol. The number of sulfonamides is 1. The Morgan fingerprint density at radius 3 is 2.50 bits per heavy atom. The highest BCUT2D eigenvalue weighted by Crippen LogP contribution is 2.45. The fraction of sp³-hybridized carbons (Fsp3) is 0.533. The van der Waals surface area contributed by atoms with Crippen LogP contribution in [-0.4, -0.2) is 34.6 Å². The van der Waals surface area contributed by atoms with Gasteiger partial charge < -0.3 is 4.42 Å². The Bertz CT molecular complexity index is 752. The maximum Gasteiger partial charge on any atom is 0.246 e. The SMILES string of the molecule is Cn1nccc1C1CC2CCC(C1)N2S(=O)(=O)c1ccoc1. The van der Waals surface area contributed by atoms with Gasteiger partial charge in [0.2, 0.25) is 10.0 Å². The molecule has 0 amide bonds. The lowest BCUT2D eigenvalue weighted by Gasteiger charge is -2.37. The molecular formula is C15H19N3O3S. The van der Waals surface area contributed by atoms with Gasteiger partial charge in [0, 0.05) is 36.9 Å². The smallest absolute Gasteiger partial charge is 0.246 e. The third kappa shape index (κ3) is 2.03. The summed E-state index contributed by atoms with van der Waals surface area (Å²) in [5.41, 5.74) is 1.21. The Labute approximate surface area is 129 Å². The largest absolute Gasteiger partial charge is 0.471 e. The Kier molecular flexibility index (Phi) is 3.16. The van der Waals surface area contributed by atoms with Crippen LogP contribution in [0, 0.1) is 0 Å². The molecule has 2 fully saturated rings. The number of fused-ring (bicyclic) bond motifs is 2. The van der Waals surface area contributed by atoms with Crippen LogP contribution in [0.25, 0.3) is 0 Å². The number of hydrogen-bond acceptors (Lipinski definition) is 4. The molecule has 2 unspecified atom stereocenters. The number of furan rings is 1. The van der Waals surface area contributed by atoms with Crippen molar-refractivity contribution in [2.24, 2.45) is 7.05 Å². The summed E-state index contributed by atoms with van der Waals surface area (Å²) in [7, 11) is -1.49. The van der Waals surface area contributed by atoms with Gasteiger partial charge in [-0.15, -0.1) is 0 Å². The second kappa shape index (κ2) is 4.96. The van der Waals surface area contributed by atoms with E-state index in [0.29, 0.717) is 5.92 Å². The van der Waals surface area contributed by atoms with Crippen LogP contribution in [0.5, 0.6) is 0 Å². The third-order valence-corrected chi connectivity index (χ3v) is 6.99. The molecule has 118 valence electrons. The third-order valence-electron chi connectivity index (χ3n) is 5.01. The number of aryl methyl sites for hydroxylation is 1. The van der Waals surface area contributed by atoms with E-state index >= 15 is 0 Å². The highest BCUT2D eigenvalue weighted by atomic mass is 32.2. The summed E-state index contributed by atoms with van der Waals surface area (Å²) in [4.78, 5) is 0.267. The molecule has 0 spiro atoms. The molecule has 7 heteroatoms. The molecule has 2 saturated heterocycles. The Morgan fingerprint density at radius 2 is 1.95 bits per heavy atom. The van der Waals surface area contributed by atoms with Gasteiger partial charge in [-0.05, 0) is 37.8 Å². The van der Waals surface area contributed by atoms with Crippen molar-refractivity contribution in [1.82, 2.24) is 14.1 Å². The molecule has 22 heavy (non-hydrogen) atoms. The standard InChI is InChI=1S/C15H19N3O3S/c1-17-15(4-6-16-17)11-8-12-2-3-13(9-11)18(12)22(19,20)14-5-7-21-10-14/h4-7,10-13H,2-3,8-9H2,1H3. The molecule has 4 rings (SSSR count). The van der Waals surface area contributed by atoms with Gasteiger partial charge in [-0.3, -0.25) is 4.68 Å². The van der Waals surface area contributed by atoms with Crippen LogP contribution in [0.2, 0.25) is 0 Å². The molecule has 0 aliphatic carbocycles. The number of rotatable bonds is 3. The van der Waals surface area contributed by atoms with Crippen molar-refractivity contribution in [2.75, 3.05) is 0 Å². The van der Waals surface area contributed by atoms with Crippen LogP contribution in [0.1, 0.15) is 37.3 Å². The lowest BCUT2D eigenvalue weighted by Crippen LogP contribution is -2.46. The quantitative estimate of drug-likeness (QED) is 0.868. The second-order valence-corrected chi connectivity index (χ2v) is 8.07. The number of hydrogen-bond donors (Lipinski definition) is 0. The molecule has 2 atom stereocenters. The van der Waals surface area contributed by atoms with E-state index in [1.54, 1.807) is 4.31 Å². The van der Waals surface area contributed by atoms with Crippen molar-refractivity contribution in [3.63, 3.8) is 0 Å². The van der Waals surface area contributed by atoms with Gasteiger partial charge in [0.1, 0.15) is 11.2 Å². The van der Waals surface area contributed by atoms with Crippen molar-refractivity contribution in [3.8, 4) is 0 Å². The van der Waals surface area contributed by atoms with Gasteiger partial charge in [0.15, 0.2) is 0 Å². The first-order valence-electron chi connectivity index (χ1n) is 7.61. The maximum absolute atomic E-state index is 12.8. The van der Waals surface area contributed by atoms with E-state index in [4.69, 9.17) is 4.42 Å². The minimum atomic E-state index is -3.44. The van der Waals surface area contributed by atoms with Crippen LogP contribution in [-0.2, 0) is 17.1 Å². The first-order chi connectivity index (χ1) is 10.6. The van der Waals surface area contributed by atoms with Gasteiger partial charge >= 0.3 is 0 Å². The molecule has 0 aromatic carbocycles. The van der Waals surface area contributed by atoms with E-state index in [-0.39, 0.29) is 17.0 Å². The predicted octanol–water partition coefficient (Wildman–Crippen LogP) is 2.11. The Balaban J connectivity index is 1.63. The summed E-state index contributed by atoms with van der Waals surface area (Å²) in [5.74, 6) is 0.390. The first-order valence-corrected chi connectivity index (χ1v) is 9.05. The Morgan fingerprint density at radius 1 is 1.23 bits per heavy atom. The summed E-state index contributed by atoms with van der Waals surface area (Å²) in [6.45, 7) is 0. The average Bonchev–Trinajstić information content (AvgIpc) is 3.19. The van der Waals surface area contributed by atoms with Crippen LogP contribution in [0.3, 0.4) is 0 Å². The van der Waals surface area contributed by atoms with Gasteiger partial charge in [-0.2, -0.15) is 9.40 Å². The van der Waals surface area contributed by atoms with E-state index in [0.717, 1.165) is 25.7 Å². The fourth-order valence-electron chi connectivity index (χ4n) is 4.07. The lowest BCUT2D eigenvalue weighted by atomic mass is 9.89. The Hall–Kier alpha value is -1.60. The molecule has 0 radical (unpaired) electrons. The molecule has 2 aromatic heterocycles. The summed E-state index contributed by atoms with van der Waals surface area (Å²) < 4.78 is 34.2. The molecule has 2 aliphatic rings. The van der Waals surface area contributed by atoms with E-state index in [9.17, 15) is 8.42 Å². The zero-order valence-electron chi connectivity index (χ0n) is 12.4. The van der Waals surface area contributed by atoms with Crippen LogP contribution in [0.4, 0.5) is 0 Å². The van der Waals surface area contributed by atoms with E-state index in [2.05, 4.69) is 5.10 Å². The summed E-state index contributed by atoms with van der Waals surface area (Å²) in [5, 5.41) is 4.24. The molecule has 2 bridgehead atoms. The lowest BCUT2D eigenvalue weighted by molar-refractivity contribution is 0.221. The van der Waals surface area contributed by atoms with E-state index in [1.165, 1.54) is 24.3 Å². The summed E-state index contributed by atoms with van der Waals surface area (Å²) in [6.07, 6.45) is 8.16. The fourth-order valence-corrected chi connectivity index (χ4v) is 5.89. The predicted molar refractivity (Wildman–Crippen MR) is 79.7 cm³/mol. The number of aromatic nitrogens is 2. The van der Waals surface area contributed by atoms with Gasteiger partial charge in [0.25, 0.3) is 0 Å². The number of nitrogens with zero attached hydrogens (tertiary/aromatic N) is 3. The first kappa shape index (κ1) is 14.0. The second-order valence-electron chi connectivity index (χ2n) is 6.23. The maximum atomic E-state index is 12.8. The summed E-state index contributed by atoms with van der Waals surface area (Å²) in [6, 6.07) is 3.74. The number of piperidine rings is 1. The van der Waals surface area contributed by atoms with E-state index < -0.39 is 10.0 Å².